The topological polar surface area (TPSA) is 88.0 Å². The summed E-state index contributed by atoms with van der Waals surface area (Å²) < 4.78 is 0. The molecule has 3 aromatic rings. The summed E-state index contributed by atoms with van der Waals surface area (Å²) in [5.41, 5.74) is 3.08. The van der Waals surface area contributed by atoms with Crippen molar-refractivity contribution in [2.75, 3.05) is 6.54 Å². The molecule has 29 heavy (non-hydrogen) atoms. The van der Waals surface area contributed by atoms with Gasteiger partial charge in [0.15, 0.2) is 0 Å². The van der Waals surface area contributed by atoms with Crippen LogP contribution in [0.4, 0.5) is 5.69 Å². The number of hydrogen-bond donors (Lipinski definition) is 2. The van der Waals surface area contributed by atoms with E-state index in [4.69, 9.17) is 0 Å². The second-order valence-electron chi connectivity index (χ2n) is 7.85. The highest BCUT2D eigenvalue weighted by molar-refractivity contribution is 5.87. The van der Waals surface area contributed by atoms with Crippen molar-refractivity contribution >= 4 is 22.5 Å². The lowest BCUT2D eigenvalue weighted by molar-refractivity contribution is -0.384. The zero-order valence-corrected chi connectivity index (χ0v) is 16.9. The predicted octanol–water partition coefficient (Wildman–Crippen LogP) is 4.95. The van der Waals surface area contributed by atoms with E-state index in [1.807, 2.05) is 24.4 Å². The number of benzene rings is 2. The van der Waals surface area contributed by atoms with Crippen molar-refractivity contribution in [3.8, 4) is 0 Å². The van der Waals surface area contributed by atoms with Crippen LogP contribution in [-0.4, -0.2) is 22.4 Å². The lowest BCUT2D eigenvalue weighted by atomic mass is 9.89. The normalized spacial score (nSPS) is 12.2. The standard InChI is InChI=1S/C23H27N3O3/c1-16(2)14-25-23(27)12-18(9-8-17-6-4-3-5-7-17)21-15-24-22-11-10-19(26(28)29)13-20(21)22/h3-7,10-11,13,15-16,18,24H,8-9,12,14H2,1-2H3,(H,25,27)/t18-/m1/s1. The van der Waals surface area contributed by atoms with E-state index < -0.39 is 0 Å². The van der Waals surface area contributed by atoms with Crippen molar-refractivity contribution < 1.29 is 9.72 Å². The molecule has 1 atom stereocenters. The van der Waals surface area contributed by atoms with Crippen LogP contribution in [0.3, 0.4) is 0 Å². The van der Waals surface area contributed by atoms with Gasteiger partial charge in [0.05, 0.1) is 4.92 Å². The number of amides is 1. The molecule has 0 fully saturated rings. The molecular weight excluding hydrogens is 366 g/mol. The van der Waals surface area contributed by atoms with Crippen molar-refractivity contribution in [1.82, 2.24) is 10.3 Å². The van der Waals surface area contributed by atoms with Gasteiger partial charge in [-0.15, -0.1) is 0 Å². The van der Waals surface area contributed by atoms with Crippen LogP contribution < -0.4 is 5.32 Å². The summed E-state index contributed by atoms with van der Waals surface area (Å²) in [5.74, 6) is 0.368. The summed E-state index contributed by atoms with van der Waals surface area (Å²) >= 11 is 0. The van der Waals surface area contributed by atoms with Crippen molar-refractivity contribution in [2.24, 2.45) is 5.92 Å². The number of H-pyrrole nitrogens is 1. The Balaban J connectivity index is 1.87. The highest BCUT2D eigenvalue weighted by atomic mass is 16.6. The molecule has 0 spiro atoms. The van der Waals surface area contributed by atoms with Crippen molar-refractivity contribution in [3.05, 3.63) is 76.0 Å². The number of nitro benzene ring substituents is 1. The first-order valence-corrected chi connectivity index (χ1v) is 10.00. The van der Waals surface area contributed by atoms with Gasteiger partial charge in [-0.3, -0.25) is 14.9 Å². The van der Waals surface area contributed by atoms with Gasteiger partial charge < -0.3 is 10.3 Å². The molecule has 0 aliphatic heterocycles. The van der Waals surface area contributed by atoms with Gasteiger partial charge in [-0.1, -0.05) is 44.2 Å². The molecule has 1 aromatic heterocycles. The lowest BCUT2D eigenvalue weighted by Gasteiger charge is -2.17. The third kappa shape index (κ3) is 5.44. The summed E-state index contributed by atoms with van der Waals surface area (Å²) in [7, 11) is 0. The van der Waals surface area contributed by atoms with Crippen molar-refractivity contribution in [3.63, 3.8) is 0 Å². The first kappa shape index (κ1) is 20.6. The number of fused-ring (bicyclic) bond motifs is 1. The Kier molecular flexibility index (Phi) is 6.65. The third-order valence-corrected chi connectivity index (χ3v) is 5.11. The summed E-state index contributed by atoms with van der Waals surface area (Å²) in [5, 5.41) is 15.0. The van der Waals surface area contributed by atoms with Gasteiger partial charge in [-0.25, -0.2) is 0 Å². The summed E-state index contributed by atoms with van der Waals surface area (Å²) in [4.78, 5) is 26.6. The highest BCUT2D eigenvalue weighted by Crippen LogP contribution is 2.33. The van der Waals surface area contributed by atoms with Gasteiger partial charge in [-0.2, -0.15) is 0 Å². The van der Waals surface area contributed by atoms with Crippen LogP contribution in [0.15, 0.2) is 54.7 Å². The minimum Gasteiger partial charge on any atom is -0.361 e. The number of non-ortho nitro benzene ring substituents is 1. The van der Waals surface area contributed by atoms with Gasteiger partial charge in [0.1, 0.15) is 0 Å². The molecule has 3 rings (SSSR count). The monoisotopic (exact) mass is 393 g/mol. The molecular formula is C23H27N3O3. The number of aromatic amines is 1. The maximum Gasteiger partial charge on any atom is 0.270 e. The van der Waals surface area contributed by atoms with Crippen LogP contribution >= 0.6 is 0 Å². The number of carbonyl (C=O) groups is 1. The zero-order valence-electron chi connectivity index (χ0n) is 16.9. The van der Waals surface area contributed by atoms with Gasteiger partial charge in [-0.05, 0) is 41.9 Å². The van der Waals surface area contributed by atoms with E-state index in [2.05, 4.69) is 36.3 Å². The molecule has 152 valence electrons. The number of aryl methyl sites for hydroxylation is 1. The zero-order chi connectivity index (χ0) is 20.8. The van der Waals surface area contributed by atoms with Crippen LogP contribution in [0.5, 0.6) is 0 Å². The molecule has 0 saturated carbocycles. The average molecular weight is 393 g/mol. The van der Waals surface area contributed by atoms with Gasteiger partial charge in [0.2, 0.25) is 5.91 Å². The smallest absolute Gasteiger partial charge is 0.270 e. The maximum absolute atomic E-state index is 12.5. The van der Waals surface area contributed by atoms with E-state index in [-0.39, 0.29) is 22.4 Å². The Bertz CT molecular complexity index is 979. The number of hydrogen-bond acceptors (Lipinski definition) is 3. The minimum atomic E-state index is -0.384. The Morgan fingerprint density at radius 2 is 1.93 bits per heavy atom. The van der Waals surface area contributed by atoms with E-state index in [0.29, 0.717) is 18.9 Å². The fourth-order valence-corrected chi connectivity index (χ4v) is 3.55. The summed E-state index contributed by atoms with van der Waals surface area (Å²) in [6.45, 7) is 4.77. The van der Waals surface area contributed by atoms with Crippen LogP contribution in [0.1, 0.15) is 43.7 Å². The molecule has 0 saturated heterocycles. The van der Waals surface area contributed by atoms with Gasteiger partial charge >= 0.3 is 0 Å². The SMILES string of the molecule is CC(C)CNC(=O)C[C@@H](CCc1ccccc1)c1c[nH]c2ccc([N+](=O)[O-])cc12. The van der Waals surface area contributed by atoms with Crippen LogP contribution in [-0.2, 0) is 11.2 Å². The van der Waals surface area contributed by atoms with E-state index in [1.165, 1.54) is 11.6 Å². The van der Waals surface area contributed by atoms with E-state index in [9.17, 15) is 14.9 Å². The fourth-order valence-electron chi connectivity index (χ4n) is 3.55. The minimum absolute atomic E-state index is 0.0107. The molecule has 2 aromatic carbocycles. The van der Waals surface area contributed by atoms with Crippen molar-refractivity contribution in [2.45, 2.75) is 39.0 Å². The number of rotatable bonds is 9. The maximum atomic E-state index is 12.5. The molecule has 0 unspecified atom stereocenters. The molecule has 0 aliphatic carbocycles. The van der Waals surface area contributed by atoms with Crippen LogP contribution in [0.2, 0.25) is 0 Å². The van der Waals surface area contributed by atoms with Gasteiger partial charge in [0.25, 0.3) is 5.69 Å². The third-order valence-electron chi connectivity index (χ3n) is 5.11. The molecule has 1 amide bonds. The molecule has 0 radical (unpaired) electrons. The van der Waals surface area contributed by atoms with E-state index in [0.717, 1.165) is 29.3 Å². The molecule has 0 aliphatic rings. The number of nitro groups is 1. The average Bonchev–Trinajstić information content (AvgIpc) is 3.13. The van der Waals surface area contributed by atoms with Gasteiger partial charge in [0, 0.05) is 42.2 Å². The number of aromatic nitrogens is 1. The first-order valence-electron chi connectivity index (χ1n) is 10.00. The quantitative estimate of drug-likeness (QED) is 0.398. The number of nitrogens with one attached hydrogen (secondary N) is 2. The molecule has 6 heteroatoms. The largest absolute Gasteiger partial charge is 0.361 e. The summed E-state index contributed by atoms with van der Waals surface area (Å²) in [6.07, 6.45) is 3.87. The fraction of sp³-hybridized carbons (Fsp3) is 0.348. The molecule has 2 N–H and O–H groups in total. The first-order chi connectivity index (χ1) is 13.9. The van der Waals surface area contributed by atoms with Crippen LogP contribution in [0.25, 0.3) is 10.9 Å². The Labute approximate surface area is 170 Å². The molecule has 1 heterocycles. The second kappa shape index (κ2) is 9.37. The number of carbonyl (C=O) groups excluding carboxylic acids is 1. The molecule has 6 nitrogen and oxygen atoms in total. The highest BCUT2D eigenvalue weighted by Gasteiger charge is 2.21. The molecule has 0 bridgehead atoms. The predicted molar refractivity (Wildman–Crippen MR) is 115 cm³/mol. The van der Waals surface area contributed by atoms with E-state index >= 15 is 0 Å². The Hall–Kier alpha value is -3.15. The van der Waals surface area contributed by atoms with Crippen LogP contribution in [0, 0.1) is 16.0 Å². The second-order valence-corrected chi connectivity index (χ2v) is 7.85. The summed E-state index contributed by atoms with van der Waals surface area (Å²) in [6, 6.07) is 15.0. The lowest BCUT2D eigenvalue weighted by Crippen LogP contribution is -2.28. The number of nitrogens with zero attached hydrogens (tertiary/aromatic N) is 1. The Morgan fingerprint density at radius 3 is 2.62 bits per heavy atom. The van der Waals surface area contributed by atoms with Crippen molar-refractivity contribution in [1.29, 1.82) is 0 Å². The van der Waals surface area contributed by atoms with E-state index in [1.54, 1.807) is 12.1 Å². The Morgan fingerprint density at radius 1 is 1.17 bits per heavy atom.